The highest BCUT2D eigenvalue weighted by molar-refractivity contribution is 5.86. The molecule has 1 aliphatic heterocycles. The average molecular weight is 490 g/mol. The minimum Gasteiger partial charge on any atom is -0.444 e. The molecule has 0 atom stereocenters. The number of rotatable bonds is 3. The molecule has 5 rings (SSSR count). The van der Waals surface area contributed by atoms with Crippen LogP contribution in [0.1, 0.15) is 50.9 Å². The van der Waals surface area contributed by atoms with Crippen molar-refractivity contribution in [3.05, 3.63) is 64.3 Å². The number of aromatic nitrogens is 4. The van der Waals surface area contributed by atoms with Crippen molar-refractivity contribution in [2.75, 3.05) is 13.1 Å². The predicted molar refractivity (Wildman–Crippen MR) is 137 cm³/mol. The van der Waals surface area contributed by atoms with Gasteiger partial charge in [0.25, 0.3) is 5.56 Å². The average Bonchev–Trinajstić information content (AvgIpc) is 3.22. The number of carbonyl (C=O) groups excluding carboxylic acids is 1. The molecule has 36 heavy (non-hydrogen) atoms. The van der Waals surface area contributed by atoms with Gasteiger partial charge in [-0.2, -0.15) is 5.10 Å². The zero-order valence-electron chi connectivity index (χ0n) is 21.1. The number of aliphatic hydroxyl groups excluding tert-OH is 1. The van der Waals surface area contributed by atoms with Crippen LogP contribution in [0.15, 0.2) is 47.5 Å². The molecule has 1 saturated heterocycles. The molecule has 1 N–H and O–H groups in total. The number of aryl methyl sites for hydroxylation is 1. The number of nitrogens with zero attached hydrogens (tertiary/aromatic N) is 5. The highest BCUT2D eigenvalue weighted by Crippen LogP contribution is 2.27. The van der Waals surface area contributed by atoms with Crippen molar-refractivity contribution in [3.8, 4) is 11.3 Å². The van der Waals surface area contributed by atoms with E-state index in [-0.39, 0.29) is 24.3 Å². The fraction of sp³-hybridized carbons (Fsp3) is 0.407. The third-order valence-corrected chi connectivity index (χ3v) is 6.53. The van der Waals surface area contributed by atoms with Gasteiger partial charge in [-0.3, -0.25) is 4.79 Å². The molecule has 3 aromatic heterocycles. The molecular formula is C27H31N5O4. The molecule has 1 fully saturated rings. The lowest BCUT2D eigenvalue weighted by Crippen LogP contribution is -2.43. The Morgan fingerprint density at radius 3 is 2.61 bits per heavy atom. The van der Waals surface area contributed by atoms with E-state index in [2.05, 4.69) is 10.1 Å². The van der Waals surface area contributed by atoms with Crippen LogP contribution in [0.4, 0.5) is 4.79 Å². The van der Waals surface area contributed by atoms with E-state index in [9.17, 15) is 14.7 Å². The number of fused-ring (bicyclic) bond motifs is 2. The maximum atomic E-state index is 13.4. The first-order chi connectivity index (χ1) is 17.1. The van der Waals surface area contributed by atoms with Gasteiger partial charge in [0.1, 0.15) is 5.60 Å². The lowest BCUT2D eigenvalue weighted by molar-refractivity contribution is 0.0187. The van der Waals surface area contributed by atoms with E-state index >= 15 is 0 Å². The molecule has 0 radical (unpaired) electrons. The molecule has 4 aromatic rings. The second-order valence-corrected chi connectivity index (χ2v) is 10.4. The zero-order valence-corrected chi connectivity index (χ0v) is 21.1. The van der Waals surface area contributed by atoms with Crippen molar-refractivity contribution >= 4 is 22.5 Å². The molecule has 0 aliphatic carbocycles. The fourth-order valence-corrected chi connectivity index (χ4v) is 4.78. The van der Waals surface area contributed by atoms with Crippen LogP contribution in [-0.2, 0) is 11.3 Å². The summed E-state index contributed by atoms with van der Waals surface area (Å²) in [6.07, 6.45) is 4.76. The SMILES string of the molecule is Cc1cn2nc(-c3ccc4c(=O)n(C5CCN(C(=O)OC(C)(C)C)CC5)ccc4c3)cc(CO)c2n1. The van der Waals surface area contributed by atoms with Gasteiger partial charge in [-0.05, 0) is 70.2 Å². The standard InChI is InChI=1S/C27H31N5O4/c1-17-15-32-24(28-17)20(16-33)14-23(29-32)19-5-6-22-18(13-19)7-12-31(25(22)34)21-8-10-30(11-9-21)26(35)36-27(2,3)4/h5-7,12-15,21,33H,8-11,16H2,1-4H3. The second-order valence-electron chi connectivity index (χ2n) is 10.4. The Bertz CT molecular complexity index is 1510. The normalized spacial score (nSPS) is 15.1. The highest BCUT2D eigenvalue weighted by atomic mass is 16.6. The Morgan fingerprint density at radius 1 is 1.17 bits per heavy atom. The van der Waals surface area contributed by atoms with Crippen molar-refractivity contribution in [1.82, 2.24) is 24.1 Å². The van der Waals surface area contributed by atoms with Gasteiger partial charge in [0.2, 0.25) is 0 Å². The largest absolute Gasteiger partial charge is 0.444 e. The minimum absolute atomic E-state index is 0.0286. The third-order valence-electron chi connectivity index (χ3n) is 6.53. The van der Waals surface area contributed by atoms with Crippen LogP contribution in [-0.4, -0.2) is 54.0 Å². The van der Waals surface area contributed by atoms with Crippen molar-refractivity contribution in [2.45, 2.75) is 58.8 Å². The van der Waals surface area contributed by atoms with E-state index in [1.165, 1.54) is 0 Å². The second kappa shape index (κ2) is 9.05. The number of ether oxygens (including phenoxy) is 1. The summed E-state index contributed by atoms with van der Waals surface area (Å²) in [6, 6.07) is 9.49. The topological polar surface area (TPSA) is 102 Å². The van der Waals surface area contributed by atoms with Crippen molar-refractivity contribution in [2.24, 2.45) is 0 Å². The summed E-state index contributed by atoms with van der Waals surface area (Å²) in [5.74, 6) is 0. The first kappa shape index (κ1) is 24.0. The van der Waals surface area contributed by atoms with Gasteiger partial charge in [0.15, 0.2) is 5.65 Å². The summed E-state index contributed by atoms with van der Waals surface area (Å²) in [5.41, 5.74) is 3.14. The van der Waals surface area contributed by atoms with Crippen molar-refractivity contribution in [1.29, 1.82) is 0 Å². The van der Waals surface area contributed by atoms with Crippen LogP contribution in [0, 0.1) is 6.92 Å². The number of likely N-dealkylation sites (tertiary alicyclic amines) is 1. The summed E-state index contributed by atoms with van der Waals surface area (Å²) in [4.78, 5) is 31.9. The van der Waals surface area contributed by atoms with Crippen molar-refractivity contribution in [3.63, 3.8) is 0 Å². The maximum absolute atomic E-state index is 13.4. The summed E-state index contributed by atoms with van der Waals surface area (Å²) in [5, 5.41) is 15.9. The number of hydrogen-bond acceptors (Lipinski definition) is 6. The molecular weight excluding hydrogens is 458 g/mol. The number of amides is 1. The molecule has 4 heterocycles. The number of benzene rings is 1. The molecule has 1 amide bonds. The molecule has 0 spiro atoms. The lowest BCUT2D eigenvalue weighted by atomic mass is 10.0. The van der Waals surface area contributed by atoms with Crippen LogP contribution in [0.5, 0.6) is 0 Å². The minimum atomic E-state index is -0.527. The Morgan fingerprint density at radius 2 is 1.92 bits per heavy atom. The number of hydrogen-bond donors (Lipinski definition) is 1. The third kappa shape index (κ3) is 4.58. The Kier molecular flexibility index (Phi) is 6.04. The molecule has 188 valence electrons. The molecule has 0 bridgehead atoms. The van der Waals surface area contributed by atoms with Crippen molar-refractivity contribution < 1.29 is 14.6 Å². The summed E-state index contributed by atoms with van der Waals surface area (Å²) >= 11 is 0. The Hall–Kier alpha value is -3.72. The monoisotopic (exact) mass is 489 g/mol. The van der Waals surface area contributed by atoms with E-state index in [4.69, 9.17) is 4.74 Å². The van der Waals surface area contributed by atoms with Crippen LogP contribution in [0.2, 0.25) is 0 Å². The van der Waals surface area contributed by atoms with E-state index in [1.807, 2.05) is 70.4 Å². The maximum Gasteiger partial charge on any atom is 0.410 e. The molecule has 0 saturated carbocycles. The number of carbonyl (C=O) groups is 1. The van der Waals surface area contributed by atoms with E-state index in [1.54, 1.807) is 14.0 Å². The molecule has 0 unspecified atom stereocenters. The first-order valence-electron chi connectivity index (χ1n) is 12.2. The predicted octanol–water partition coefficient (Wildman–Crippen LogP) is 4.08. The number of imidazole rings is 1. The summed E-state index contributed by atoms with van der Waals surface area (Å²) < 4.78 is 8.95. The van der Waals surface area contributed by atoms with Crippen LogP contribution >= 0.6 is 0 Å². The summed E-state index contributed by atoms with van der Waals surface area (Å²) in [6.45, 7) is 8.43. The van der Waals surface area contributed by atoms with Gasteiger partial charge in [0, 0.05) is 41.8 Å². The number of piperidine rings is 1. The van der Waals surface area contributed by atoms with E-state index < -0.39 is 5.60 Å². The van der Waals surface area contributed by atoms with Crippen LogP contribution in [0.25, 0.3) is 27.7 Å². The summed E-state index contributed by atoms with van der Waals surface area (Å²) in [7, 11) is 0. The first-order valence-corrected chi connectivity index (χ1v) is 12.2. The van der Waals surface area contributed by atoms with Gasteiger partial charge in [-0.15, -0.1) is 0 Å². The van der Waals surface area contributed by atoms with Crippen LogP contribution < -0.4 is 5.56 Å². The number of aliphatic hydroxyl groups is 1. The van der Waals surface area contributed by atoms with Crippen LogP contribution in [0.3, 0.4) is 0 Å². The smallest absolute Gasteiger partial charge is 0.410 e. The highest BCUT2D eigenvalue weighted by Gasteiger charge is 2.28. The van der Waals surface area contributed by atoms with Gasteiger partial charge in [0.05, 0.1) is 24.2 Å². The molecule has 9 nitrogen and oxygen atoms in total. The molecule has 1 aliphatic rings. The zero-order chi connectivity index (χ0) is 25.6. The van der Waals surface area contributed by atoms with E-state index in [0.717, 1.165) is 16.6 Å². The molecule has 1 aromatic carbocycles. The lowest BCUT2D eigenvalue weighted by Gasteiger charge is -2.34. The fourth-order valence-electron chi connectivity index (χ4n) is 4.78. The van der Waals surface area contributed by atoms with Gasteiger partial charge < -0.3 is 19.3 Å². The number of pyridine rings is 1. The Balaban J connectivity index is 1.40. The Labute approximate surface area is 208 Å². The van der Waals surface area contributed by atoms with Gasteiger partial charge in [-0.25, -0.2) is 14.3 Å². The quantitative estimate of drug-likeness (QED) is 0.465. The van der Waals surface area contributed by atoms with Gasteiger partial charge >= 0.3 is 6.09 Å². The van der Waals surface area contributed by atoms with Gasteiger partial charge in [-0.1, -0.05) is 6.07 Å². The van der Waals surface area contributed by atoms with E-state index in [0.29, 0.717) is 48.2 Å². The molecule has 9 heteroatoms.